The normalized spacial score (nSPS) is 17.2. The molecular formula is C13H15F2NO. The summed E-state index contributed by atoms with van der Waals surface area (Å²) in [6, 6.07) is 2.98. The summed E-state index contributed by atoms with van der Waals surface area (Å²) in [7, 11) is 0. The number of benzene rings is 1. The second kappa shape index (κ2) is 4.82. The van der Waals surface area contributed by atoms with Crippen molar-refractivity contribution in [2.45, 2.75) is 19.8 Å². The minimum Gasteiger partial charge on any atom is -0.339 e. The SMILES string of the molecule is CC1CCN(C(=O)c2cc(F)ccc2F)CC1. The molecule has 17 heavy (non-hydrogen) atoms. The lowest BCUT2D eigenvalue weighted by Gasteiger charge is -2.30. The van der Waals surface area contributed by atoms with Gasteiger partial charge in [0.2, 0.25) is 0 Å². The van der Waals surface area contributed by atoms with E-state index in [4.69, 9.17) is 0 Å². The highest BCUT2D eigenvalue weighted by molar-refractivity contribution is 5.94. The number of hydrogen-bond donors (Lipinski definition) is 0. The smallest absolute Gasteiger partial charge is 0.256 e. The summed E-state index contributed by atoms with van der Waals surface area (Å²) in [6.07, 6.45) is 1.84. The summed E-state index contributed by atoms with van der Waals surface area (Å²) >= 11 is 0. The van der Waals surface area contributed by atoms with Crippen LogP contribution in [0, 0.1) is 17.6 Å². The Hall–Kier alpha value is -1.45. The second-order valence-corrected chi connectivity index (χ2v) is 4.60. The van der Waals surface area contributed by atoms with Gasteiger partial charge in [0.25, 0.3) is 5.91 Å². The number of hydrogen-bond acceptors (Lipinski definition) is 1. The lowest BCUT2D eigenvalue weighted by atomic mass is 9.98. The number of halogens is 2. The van der Waals surface area contributed by atoms with E-state index in [-0.39, 0.29) is 5.56 Å². The molecule has 0 unspecified atom stereocenters. The van der Waals surface area contributed by atoms with Gasteiger partial charge in [-0.25, -0.2) is 8.78 Å². The zero-order valence-electron chi connectivity index (χ0n) is 9.75. The molecule has 0 aliphatic carbocycles. The molecule has 0 spiro atoms. The molecule has 1 aliphatic rings. The van der Waals surface area contributed by atoms with Crippen molar-refractivity contribution in [2.24, 2.45) is 5.92 Å². The Morgan fingerprint density at radius 2 is 1.94 bits per heavy atom. The van der Waals surface area contributed by atoms with Crippen LogP contribution in [-0.4, -0.2) is 23.9 Å². The Balaban J connectivity index is 2.16. The maximum absolute atomic E-state index is 13.4. The van der Waals surface area contributed by atoms with E-state index in [1.165, 1.54) is 0 Å². The number of rotatable bonds is 1. The molecule has 92 valence electrons. The number of likely N-dealkylation sites (tertiary alicyclic amines) is 1. The first-order valence-corrected chi connectivity index (χ1v) is 5.82. The quantitative estimate of drug-likeness (QED) is 0.738. The molecule has 0 aromatic heterocycles. The monoisotopic (exact) mass is 239 g/mol. The van der Waals surface area contributed by atoms with E-state index >= 15 is 0 Å². The number of piperidine rings is 1. The Morgan fingerprint density at radius 3 is 2.59 bits per heavy atom. The van der Waals surface area contributed by atoms with E-state index in [0.29, 0.717) is 19.0 Å². The van der Waals surface area contributed by atoms with Crippen LogP contribution in [-0.2, 0) is 0 Å². The highest BCUT2D eigenvalue weighted by atomic mass is 19.1. The topological polar surface area (TPSA) is 20.3 Å². The minimum absolute atomic E-state index is 0.167. The van der Waals surface area contributed by atoms with Crippen LogP contribution < -0.4 is 0 Å². The molecule has 0 N–H and O–H groups in total. The van der Waals surface area contributed by atoms with Crippen molar-refractivity contribution in [3.63, 3.8) is 0 Å². The van der Waals surface area contributed by atoms with Gasteiger partial charge in [-0.05, 0) is 37.0 Å². The van der Waals surface area contributed by atoms with E-state index in [9.17, 15) is 13.6 Å². The molecule has 1 fully saturated rings. The predicted octanol–water partition coefficient (Wildman–Crippen LogP) is 2.84. The Bertz CT molecular complexity index is 425. The van der Waals surface area contributed by atoms with Crippen molar-refractivity contribution >= 4 is 5.91 Å². The third-order valence-electron chi connectivity index (χ3n) is 3.23. The number of nitrogens with zero attached hydrogens (tertiary/aromatic N) is 1. The van der Waals surface area contributed by atoms with Gasteiger partial charge in [0.15, 0.2) is 0 Å². The fourth-order valence-corrected chi connectivity index (χ4v) is 2.04. The van der Waals surface area contributed by atoms with Crippen LogP contribution in [0.25, 0.3) is 0 Å². The Kier molecular flexibility index (Phi) is 3.41. The highest BCUT2D eigenvalue weighted by Gasteiger charge is 2.23. The third-order valence-corrected chi connectivity index (χ3v) is 3.23. The summed E-state index contributed by atoms with van der Waals surface area (Å²) in [5.74, 6) is -1.06. The molecule has 1 amide bonds. The number of carbonyl (C=O) groups is 1. The number of amides is 1. The van der Waals surface area contributed by atoms with Gasteiger partial charge < -0.3 is 4.90 Å². The van der Waals surface area contributed by atoms with E-state index in [2.05, 4.69) is 6.92 Å². The zero-order chi connectivity index (χ0) is 12.4. The van der Waals surface area contributed by atoms with Crippen LogP contribution in [0.1, 0.15) is 30.1 Å². The summed E-state index contributed by atoms with van der Waals surface area (Å²) in [5.41, 5.74) is -0.167. The molecule has 0 radical (unpaired) electrons. The summed E-state index contributed by atoms with van der Waals surface area (Å²) in [5, 5.41) is 0. The second-order valence-electron chi connectivity index (χ2n) is 4.60. The van der Waals surface area contributed by atoms with E-state index in [1.807, 2.05) is 0 Å². The van der Waals surface area contributed by atoms with Crippen molar-refractivity contribution < 1.29 is 13.6 Å². The molecule has 1 aliphatic heterocycles. The van der Waals surface area contributed by atoms with Crippen molar-refractivity contribution in [2.75, 3.05) is 13.1 Å². The van der Waals surface area contributed by atoms with Crippen LogP contribution in [0.2, 0.25) is 0 Å². The van der Waals surface area contributed by atoms with Crippen LogP contribution in [0.15, 0.2) is 18.2 Å². The third kappa shape index (κ3) is 2.62. The Morgan fingerprint density at radius 1 is 1.29 bits per heavy atom. The van der Waals surface area contributed by atoms with Crippen molar-refractivity contribution in [1.29, 1.82) is 0 Å². The maximum Gasteiger partial charge on any atom is 0.256 e. The zero-order valence-corrected chi connectivity index (χ0v) is 9.75. The summed E-state index contributed by atoms with van der Waals surface area (Å²) in [6.45, 7) is 3.37. The Labute approximate surface area is 99.2 Å². The largest absolute Gasteiger partial charge is 0.339 e. The van der Waals surface area contributed by atoms with Crippen molar-refractivity contribution in [3.05, 3.63) is 35.4 Å². The fourth-order valence-electron chi connectivity index (χ4n) is 2.04. The van der Waals surface area contributed by atoms with Gasteiger partial charge in [-0.3, -0.25) is 4.79 Å². The molecule has 4 heteroatoms. The molecule has 0 atom stereocenters. The molecular weight excluding hydrogens is 224 g/mol. The molecule has 1 aromatic carbocycles. The van der Waals surface area contributed by atoms with E-state index < -0.39 is 17.5 Å². The first-order valence-electron chi connectivity index (χ1n) is 5.82. The standard InChI is InChI=1S/C13H15F2NO/c1-9-4-6-16(7-5-9)13(17)11-8-10(14)2-3-12(11)15/h2-3,8-9H,4-7H2,1H3. The molecule has 0 bridgehead atoms. The van der Waals surface area contributed by atoms with Gasteiger partial charge in [-0.15, -0.1) is 0 Å². The van der Waals surface area contributed by atoms with Crippen molar-refractivity contribution in [3.8, 4) is 0 Å². The predicted molar refractivity (Wildman–Crippen MR) is 60.7 cm³/mol. The minimum atomic E-state index is -0.657. The average Bonchev–Trinajstić information content (AvgIpc) is 2.32. The first kappa shape index (κ1) is 12.0. The van der Waals surface area contributed by atoms with E-state index in [0.717, 1.165) is 31.0 Å². The fraction of sp³-hybridized carbons (Fsp3) is 0.462. The van der Waals surface area contributed by atoms with Gasteiger partial charge in [-0.2, -0.15) is 0 Å². The highest BCUT2D eigenvalue weighted by Crippen LogP contribution is 2.19. The van der Waals surface area contributed by atoms with Crippen LogP contribution >= 0.6 is 0 Å². The van der Waals surface area contributed by atoms with E-state index in [1.54, 1.807) is 4.90 Å². The van der Waals surface area contributed by atoms with Crippen LogP contribution in [0.3, 0.4) is 0 Å². The molecule has 2 nitrogen and oxygen atoms in total. The molecule has 1 saturated heterocycles. The van der Waals surface area contributed by atoms with Gasteiger partial charge in [0.1, 0.15) is 11.6 Å². The first-order chi connectivity index (χ1) is 8.08. The lowest BCUT2D eigenvalue weighted by molar-refractivity contribution is 0.0692. The van der Waals surface area contributed by atoms with Crippen LogP contribution in [0.5, 0.6) is 0 Å². The van der Waals surface area contributed by atoms with Gasteiger partial charge >= 0.3 is 0 Å². The lowest BCUT2D eigenvalue weighted by Crippen LogP contribution is -2.38. The summed E-state index contributed by atoms with van der Waals surface area (Å²) < 4.78 is 26.4. The molecule has 0 saturated carbocycles. The number of carbonyl (C=O) groups excluding carboxylic acids is 1. The van der Waals surface area contributed by atoms with Crippen LogP contribution in [0.4, 0.5) is 8.78 Å². The van der Waals surface area contributed by atoms with Gasteiger partial charge in [-0.1, -0.05) is 6.92 Å². The van der Waals surface area contributed by atoms with Gasteiger partial charge in [0.05, 0.1) is 5.56 Å². The molecule has 1 heterocycles. The molecule has 2 rings (SSSR count). The maximum atomic E-state index is 13.4. The van der Waals surface area contributed by atoms with Gasteiger partial charge in [0, 0.05) is 13.1 Å². The molecule has 1 aromatic rings. The summed E-state index contributed by atoms with van der Waals surface area (Å²) in [4.78, 5) is 13.6. The van der Waals surface area contributed by atoms with Crippen molar-refractivity contribution in [1.82, 2.24) is 4.90 Å². The average molecular weight is 239 g/mol.